The van der Waals surface area contributed by atoms with Gasteiger partial charge in [0.1, 0.15) is 0 Å². The van der Waals surface area contributed by atoms with Gasteiger partial charge >= 0.3 is 194 Å². The van der Waals surface area contributed by atoms with Gasteiger partial charge in [0, 0.05) is 0 Å². The van der Waals surface area contributed by atoms with Gasteiger partial charge in [-0.25, -0.2) is 0 Å². The molecule has 0 fully saturated rings. The summed E-state index contributed by atoms with van der Waals surface area (Å²) in [7, 11) is 15.5. The molecule has 0 saturated carbocycles. The molecule has 1 atom stereocenters. The van der Waals surface area contributed by atoms with Crippen LogP contribution >= 0.6 is 10.1 Å². The van der Waals surface area contributed by atoms with E-state index in [0.29, 0.717) is 0 Å². The predicted molar refractivity (Wildman–Crippen MR) is 140 cm³/mol. The van der Waals surface area contributed by atoms with Gasteiger partial charge in [-0.2, -0.15) is 0 Å². The molecule has 4 rings (SSSR count). The average Bonchev–Trinajstić information content (AvgIpc) is 2.80. The number of hydrogen-bond acceptors (Lipinski definition) is 2. The Hall–Kier alpha value is -2.58. The number of rotatable bonds is 5. The van der Waals surface area contributed by atoms with Crippen LogP contribution in [0.1, 0.15) is 16.7 Å². The van der Waals surface area contributed by atoms with Crippen molar-refractivity contribution in [2.45, 2.75) is 0 Å². The third kappa shape index (κ3) is 4.70. The zero-order valence-corrected chi connectivity index (χ0v) is 20.8. The first kappa shape index (κ1) is 21.6. The molecule has 0 aromatic heterocycles. The van der Waals surface area contributed by atoms with Crippen LogP contribution in [0.5, 0.6) is 0 Å². The van der Waals surface area contributed by atoms with Crippen LogP contribution in [-0.4, -0.2) is 45.2 Å². The van der Waals surface area contributed by atoms with E-state index >= 15 is 0 Å². The number of hydrogen-bond donors (Lipinski definition) is 0. The van der Waals surface area contributed by atoms with Gasteiger partial charge in [-0.1, -0.05) is 0 Å². The van der Waals surface area contributed by atoms with E-state index in [1.54, 1.807) is 0 Å². The first-order valence-corrected chi connectivity index (χ1v) is 14.2. The molecule has 0 spiro atoms. The van der Waals surface area contributed by atoms with Crippen LogP contribution in [0.25, 0.3) is 10.0 Å². The first-order valence-electron chi connectivity index (χ1n) is 10.3. The van der Waals surface area contributed by atoms with E-state index in [0.717, 1.165) is 0 Å². The van der Waals surface area contributed by atoms with Crippen molar-refractivity contribution in [2.24, 2.45) is 0 Å². The van der Waals surface area contributed by atoms with E-state index in [1.165, 1.54) is 42.5 Å². The standard InChI is InChI=1S/C27H27ClN2Se/c1-29(2)24-14-10-20(11-15-24)23-18-26(21-8-6-5-7-9-21)31(28)27(19-23)22-12-16-25(17-13-22)30(3)4/h5-19H,1-4H3. The van der Waals surface area contributed by atoms with Crippen LogP contribution in [0.4, 0.5) is 11.4 Å². The molecule has 1 heterocycles. The Balaban J connectivity index is 1.84. The Morgan fingerprint density at radius 3 is 1.61 bits per heavy atom. The quantitative estimate of drug-likeness (QED) is 0.410. The Labute approximate surface area is 193 Å². The van der Waals surface area contributed by atoms with Crippen molar-refractivity contribution in [3.05, 3.63) is 108 Å². The average molecular weight is 494 g/mol. The second-order valence-electron chi connectivity index (χ2n) is 7.98. The fourth-order valence-electron chi connectivity index (χ4n) is 3.56. The maximum atomic E-state index is 7.20. The van der Waals surface area contributed by atoms with Gasteiger partial charge in [-0.15, -0.1) is 0 Å². The van der Waals surface area contributed by atoms with Crippen molar-refractivity contribution < 1.29 is 0 Å². The number of halogens is 1. The minimum atomic E-state index is -1.69. The number of nitrogens with zero attached hydrogens (tertiary/aromatic N) is 2. The number of benzene rings is 3. The fraction of sp³-hybridized carbons (Fsp3) is 0.148. The van der Waals surface area contributed by atoms with Crippen molar-refractivity contribution in [1.82, 2.24) is 0 Å². The predicted octanol–water partition coefficient (Wildman–Crippen LogP) is 5.87. The maximum absolute atomic E-state index is 7.20. The molecule has 3 aromatic rings. The van der Waals surface area contributed by atoms with Crippen molar-refractivity contribution >= 4 is 48.5 Å². The third-order valence-electron chi connectivity index (χ3n) is 5.40. The van der Waals surface area contributed by atoms with E-state index in [4.69, 9.17) is 10.1 Å². The van der Waals surface area contributed by atoms with Gasteiger partial charge in [0.2, 0.25) is 0 Å². The topological polar surface area (TPSA) is 6.48 Å². The summed E-state index contributed by atoms with van der Waals surface area (Å²) < 4.78 is 2.50. The third-order valence-corrected chi connectivity index (χ3v) is 10.2. The zero-order valence-electron chi connectivity index (χ0n) is 18.3. The molecule has 3 aromatic carbocycles. The normalized spacial score (nSPS) is 15.9. The second-order valence-corrected chi connectivity index (χ2v) is 12.5. The molecule has 1 aliphatic heterocycles. The number of allylic oxidation sites excluding steroid dienone is 3. The summed E-state index contributed by atoms with van der Waals surface area (Å²) in [6.45, 7) is 0. The molecule has 1 unspecified atom stereocenters. The molecular weight excluding hydrogens is 467 g/mol. The Kier molecular flexibility index (Phi) is 6.48. The molecule has 0 saturated heterocycles. The van der Waals surface area contributed by atoms with Crippen LogP contribution < -0.4 is 9.80 Å². The molecule has 4 heteroatoms. The van der Waals surface area contributed by atoms with Crippen LogP contribution in [0.3, 0.4) is 0 Å². The number of anilines is 2. The Bertz CT molecular complexity index is 1160. The van der Waals surface area contributed by atoms with E-state index in [9.17, 15) is 0 Å². The van der Waals surface area contributed by atoms with Gasteiger partial charge in [-0.3, -0.25) is 0 Å². The molecule has 158 valence electrons. The fourth-order valence-corrected chi connectivity index (χ4v) is 7.86. The second kappa shape index (κ2) is 9.28. The van der Waals surface area contributed by atoms with E-state index < -0.39 is 12.6 Å². The molecule has 31 heavy (non-hydrogen) atoms. The van der Waals surface area contributed by atoms with Gasteiger partial charge in [0.15, 0.2) is 0 Å². The van der Waals surface area contributed by atoms with Crippen LogP contribution in [-0.2, 0) is 0 Å². The summed E-state index contributed by atoms with van der Waals surface area (Å²) >= 11 is -1.69. The van der Waals surface area contributed by atoms with Gasteiger partial charge < -0.3 is 0 Å². The van der Waals surface area contributed by atoms with E-state index in [2.05, 4.69) is 129 Å². The Morgan fingerprint density at radius 1 is 0.581 bits per heavy atom. The molecule has 0 amide bonds. The van der Waals surface area contributed by atoms with E-state index in [1.807, 2.05) is 0 Å². The van der Waals surface area contributed by atoms with Crippen molar-refractivity contribution in [1.29, 1.82) is 0 Å². The van der Waals surface area contributed by atoms with Gasteiger partial charge in [0.05, 0.1) is 0 Å². The summed E-state index contributed by atoms with van der Waals surface area (Å²) in [6, 6.07) is 28.0. The summed E-state index contributed by atoms with van der Waals surface area (Å²) in [4.78, 5) is 4.24. The SMILES string of the molecule is CN(C)c1ccc(C2=CC(c3ccccc3)=[Se](Cl)C(c3ccc(N(C)C)cc3)=C2)cc1. The van der Waals surface area contributed by atoms with E-state index in [-0.39, 0.29) is 0 Å². The monoisotopic (exact) mass is 494 g/mol. The van der Waals surface area contributed by atoms with Crippen molar-refractivity contribution in [3.63, 3.8) is 0 Å². The van der Waals surface area contributed by atoms with Gasteiger partial charge in [0.25, 0.3) is 0 Å². The van der Waals surface area contributed by atoms with Crippen molar-refractivity contribution in [2.75, 3.05) is 38.0 Å². The molecule has 0 N–H and O–H groups in total. The summed E-state index contributed by atoms with van der Waals surface area (Å²) in [5.74, 6) is 0. The van der Waals surface area contributed by atoms with Crippen molar-refractivity contribution in [3.8, 4) is 0 Å². The summed E-state index contributed by atoms with van der Waals surface area (Å²) in [5.41, 5.74) is 7.20. The summed E-state index contributed by atoms with van der Waals surface area (Å²) in [6.07, 6.45) is 4.58. The molecule has 1 aliphatic rings. The Morgan fingerprint density at radius 2 is 1.10 bits per heavy atom. The van der Waals surface area contributed by atoms with Crippen LogP contribution in [0.2, 0.25) is 0 Å². The zero-order chi connectivity index (χ0) is 22.0. The molecule has 0 radical (unpaired) electrons. The van der Waals surface area contributed by atoms with Gasteiger partial charge in [-0.05, 0) is 0 Å². The van der Waals surface area contributed by atoms with Crippen LogP contribution in [0.15, 0.2) is 91.0 Å². The minimum absolute atomic E-state index is 1.19. The van der Waals surface area contributed by atoms with Crippen LogP contribution in [0, 0.1) is 0 Å². The summed E-state index contributed by atoms with van der Waals surface area (Å²) in [5, 5.41) is 0. The first-order chi connectivity index (χ1) is 14.9. The molecule has 0 aliphatic carbocycles. The molecular formula is C27H27ClN2Se. The molecule has 0 bridgehead atoms. The molecule has 2 nitrogen and oxygen atoms in total.